The van der Waals surface area contributed by atoms with Gasteiger partial charge in [-0.05, 0) is 29.2 Å². The third-order valence-corrected chi connectivity index (χ3v) is 5.68. The van der Waals surface area contributed by atoms with Gasteiger partial charge in [0.2, 0.25) is 5.91 Å². The lowest BCUT2D eigenvalue weighted by atomic mass is 9.98. The van der Waals surface area contributed by atoms with Gasteiger partial charge in [0, 0.05) is 19.4 Å². The lowest BCUT2D eigenvalue weighted by Gasteiger charge is -2.23. The molecule has 0 saturated heterocycles. The normalized spacial score (nSPS) is 14.7. The predicted molar refractivity (Wildman–Crippen MR) is 121 cm³/mol. The summed E-state index contributed by atoms with van der Waals surface area (Å²) in [7, 11) is 1.33. The monoisotopic (exact) mass is 450 g/mol. The minimum absolute atomic E-state index is 0.0721. The lowest BCUT2D eigenvalue weighted by molar-refractivity contribution is -0.145. The van der Waals surface area contributed by atoms with Crippen molar-refractivity contribution in [3.05, 3.63) is 59.7 Å². The summed E-state index contributed by atoms with van der Waals surface area (Å²) in [5, 5.41) is 14.1. The van der Waals surface area contributed by atoms with Gasteiger partial charge >= 0.3 is 12.1 Å². The van der Waals surface area contributed by atoms with Crippen LogP contribution in [0, 0.1) is 12.3 Å². The summed E-state index contributed by atoms with van der Waals surface area (Å²) < 4.78 is 10.4. The molecular formula is C25H26N2O6. The van der Waals surface area contributed by atoms with Gasteiger partial charge in [-0.2, -0.15) is 0 Å². The zero-order valence-electron chi connectivity index (χ0n) is 18.4. The van der Waals surface area contributed by atoms with Crippen molar-refractivity contribution < 1.29 is 29.0 Å². The van der Waals surface area contributed by atoms with E-state index in [0.29, 0.717) is 0 Å². The van der Waals surface area contributed by atoms with Crippen molar-refractivity contribution in [2.45, 2.75) is 37.5 Å². The molecule has 1 unspecified atom stereocenters. The maximum atomic E-state index is 12.6. The molecule has 2 amide bonds. The number of aliphatic carboxylic acids is 1. The van der Waals surface area contributed by atoms with Crippen molar-refractivity contribution >= 4 is 18.0 Å². The SMILES string of the molecule is C#CCC(NC(=O)OCC1c2ccccc2-c2ccccc21)C(=O)N[C@H](C(=O)O)[C@@H](C)OC. The largest absolute Gasteiger partial charge is 0.480 e. The van der Waals surface area contributed by atoms with Crippen molar-refractivity contribution in [3.8, 4) is 23.5 Å². The molecule has 1 aliphatic carbocycles. The minimum Gasteiger partial charge on any atom is -0.480 e. The van der Waals surface area contributed by atoms with Crippen LogP contribution in [0.4, 0.5) is 4.79 Å². The third kappa shape index (κ3) is 5.33. The third-order valence-electron chi connectivity index (χ3n) is 5.68. The van der Waals surface area contributed by atoms with Gasteiger partial charge in [0.1, 0.15) is 12.6 Å². The number of alkyl carbamates (subject to hydrolysis) is 1. The molecule has 0 bridgehead atoms. The first-order valence-electron chi connectivity index (χ1n) is 10.5. The van der Waals surface area contributed by atoms with Gasteiger partial charge in [0.05, 0.1) is 6.10 Å². The fourth-order valence-electron chi connectivity index (χ4n) is 3.88. The molecule has 3 atom stereocenters. The van der Waals surface area contributed by atoms with Gasteiger partial charge < -0.3 is 25.2 Å². The van der Waals surface area contributed by atoms with Crippen LogP contribution < -0.4 is 10.6 Å². The Hall–Kier alpha value is -3.83. The molecule has 33 heavy (non-hydrogen) atoms. The number of amides is 2. The molecule has 0 aromatic heterocycles. The van der Waals surface area contributed by atoms with Gasteiger partial charge in [-0.15, -0.1) is 12.3 Å². The molecule has 2 aromatic rings. The van der Waals surface area contributed by atoms with Gasteiger partial charge in [-0.25, -0.2) is 9.59 Å². The van der Waals surface area contributed by atoms with Crippen molar-refractivity contribution in [2.24, 2.45) is 0 Å². The first kappa shape index (κ1) is 23.8. The number of methoxy groups -OCH3 is 1. The quantitative estimate of drug-likeness (QED) is 0.506. The molecule has 0 saturated carbocycles. The molecule has 172 valence electrons. The van der Waals surface area contributed by atoms with Crippen LogP contribution in [0.15, 0.2) is 48.5 Å². The molecule has 1 aliphatic rings. The summed E-state index contributed by atoms with van der Waals surface area (Å²) in [6, 6.07) is 13.4. The Morgan fingerprint density at radius 1 is 1.06 bits per heavy atom. The zero-order chi connectivity index (χ0) is 24.0. The van der Waals surface area contributed by atoms with E-state index < -0.39 is 36.2 Å². The number of carbonyl (C=O) groups excluding carboxylic acids is 2. The fourth-order valence-corrected chi connectivity index (χ4v) is 3.88. The molecule has 0 aliphatic heterocycles. The summed E-state index contributed by atoms with van der Waals surface area (Å²) in [6.45, 7) is 1.58. The second kappa shape index (κ2) is 10.7. The van der Waals surface area contributed by atoms with Gasteiger partial charge in [0.25, 0.3) is 0 Å². The summed E-state index contributed by atoms with van der Waals surface area (Å²) >= 11 is 0. The van der Waals surface area contributed by atoms with Crippen LogP contribution >= 0.6 is 0 Å². The van der Waals surface area contributed by atoms with E-state index in [9.17, 15) is 19.5 Å². The average Bonchev–Trinajstić information content (AvgIpc) is 3.13. The molecule has 0 spiro atoms. The molecule has 3 rings (SSSR count). The summed E-state index contributed by atoms with van der Waals surface area (Å²) in [5.74, 6) is 0.173. The minimum atomic E-state index is -1.30. The van der Waals surface area contributed by atoms with Crippen LogP contribution in [-0.2, 0) is 19.1 Å². The number of hydrogen-bond acceptors (Lipinski definition) is 5. The smallest absolute Gasteiger partial charge is 0.407 e. The number of nitrogens with one attached hydrogen (secondary N) is 2. The van der Waals surface area contributed by atoms with Gasteiger partial charge in [0.15, 0.2) is 6.04 Å². The van der Waals surface area contributed by atoms with Crippen molar-refractivity contribution in [1.82, 2.24) is 10.6 Å². The predicted octanol–water partition coefficient (Wildman–Crippen LogP) is 2.52. The molecular weight excluding hydrogens is 424 g/mol. The zero-order valence-corrected chi connectivity index (χ0v) is 18.4. The highest BCUT2D eigenvalue weighted by atomic mass is 16.5. The number of ether oxygens (including phenoxy) is 2. The highest BCUT2D eigenvalue weighted by Crippen LogP contribution is 2.44. The Labute approximate surface area is 192 Å². The standard InChI is InChI=1S/C25H26N2O6/c1-4-9-21(23(28)27-22(24(29)30)15(2)32-3)26-25(31)33-14-20-18-12-7-5-10-16(18)17-11-6-8-13-19(17)20/h1,5-8,10-13,15,20-22H,9,14H2,2-3H3,(H,26,31)(H,27,28)(H,29,30)/t15-,21?,22+/m1/s1. The van der Waals surface area contributed by atoms with E-state index >= 15 is 0 Å². The number of hydrogen-bond donors (Lipinski definition) is 3. The Bertz CT molecular complexity index is 1030. The highest BCUT2D eigenvalue weighted by molar-refractivity contribution is 5.89. The van der Waals surface area contributed by atoms with Crippen LogP contribution in [0.25, 0.3) is 11.1 Å². The number of benzene rings is 2. The molecule has 8 nitrogen and oxygen atoms in total. The number of fused-ring (bicyclic) bond motifs is 3. The number of carbonyl (C=O) groups is 3. The van der Waals surface area contributed by atoms with Crippen LogP contribution in [0.2, 0.25) is 0 Å². The van der Waals surface area contributed by atoms with E-state index in [1.54, 1.807) is 0 Å². The van der Waals surface area contributed by atoms with E-state index in [1.165, 1.54) is 14.0 Å². The topological polar surface area (TPSA) is 114 Å². The molecule has 0 radical (unpaired) electrons. The van der Waals surface area contributed by atoms with E-state index in [4.69, 9.17) is 15.9 Å². The van der Waals surface area contributed by atoms with Crippen molar-refractivity contribution in [2.75, 3.05) is 13.7 Å². The second-order valence-electron chi connectivity index (χ2n) is 7.70. The van der Waals surface area contributed by atoms with Crippen LogP contribution in [0.5, 0.6) is 0 Å². The lowest BCUT2D eigenvalue weighted by Crippen LogP contribution is -2.55. The number of carboxylic acid groups (broad SMARTS) is 1. The van der Waals surface area contributed by atoms with Crippen molar-refractivity contribution in [1.29, 1.82) is 0 Å². The molecule has 0 heterocycles. The summed E-state index contributed by atoms with van der Waals surface area (Å²) in [4.78, 5) is 36.5. The molecule has 3 N–H and O–H groups in total. The Morgan fingerprint density at radius 3 is 2.15 bits per heavy atom. The fraction of sp³-hybridized carbons (Fsp3) is 0.320. The van der Waals surface area contributed by atoms with E-state index in [2.05, 4.69) is 16.6 Å². The van der Waals surface area contributed by atoms with E-state index in [0.717, 1.165) is 22.3 Å². The number of rotatable bonds is 9. The maximum Gasteiger partial charge on any atom is 0.407 e. The van der Waals surface area contributed by atoms with Crippen LogP contribution in [-0.4, -0.2) is 55.0 Å². The second-order valence-corrected chi connectivity index (χ2v) is 7.70. The van der Waals surface area contributed by atoms with Gasteiger partial charge in [-0.1, -0.05) is 48.5 Å². The maximum absolute atomic E-state index is 12.6. The van der Waals surface area contributed by atoms with Crippen molar-refractivity contribution in [3.63, 3.8) is 0 Å². The first-order valence-corrected chi connectivity index (χ1v) is 10.5. The Kier molecular flexibility index (Phi) is 7.70. The average molecular weight is 450 g/mol. The molecule has 0 fully saturated rings. The molecule has 2 aromatic carbocycles. The van der Waals surface area contributed by atoms with Gasteiger partial charge in [-0.3, -0.25) is 4.79 Å². The van der Waals surface area contributed by atoms with E-state index in [1.807, 2.05) is 48.5 Å². The number of carboxylic acids is 1. The van der Waals surface area contributed by atoms with E-state index in [-0.39, 0.29) is 18.9 Å². The summed E-state index contributed by atoms with van der Waals surface area (Å²) in [5.41, 5.74) is 4.31. The number of terminal acetylenes is 1. The first-order chi connectivity index (χ1) is 15.9. The van der Waals surface area contributed by atoms with Crippen LogP contribution in [0.3, 0.4) is 0 Å². The summed E-state index contributed by atoms with van der Waals surface area (Å²) in [6.07, 6.45) is 3.60. The molecule has 8 heteroatoms. The highest BCUT2D eigenvalue weighted by Gasteiger charge is 2.32. The Morgan fingerprint density at radius 2 is 1.64 bits per heavy atom. The Balaban J connectivity index is 1.66. The van der Waals surface area contributed by atoms with Crippen LogP contribution in [0.1, 0.15) is 30.4 Å².